The first-order valence-electron chi connectivity index (χ1n) is 5.16. The van der Waals surface area contributed by atoms with Gasteiger partial charge in [-0.3, -0.25) is 4.79 Å². The van der Waals surface area contributed by atoms with Crippen molar-refractivity contribution in [3.05, 3.63) is 21.7 Å². The average Bonchev–Trinajstić information content (AvgIpc) is 2.69. The van der Waals surface area contributed by atoms with Crippen molar-refractivity contribution in [3.8, 4) is 5.88 Å². The lowest BCUT2D eigenvalue weighted by Gasteiger charge is -2.08. The Morgan fingerprint density at radius 3 is 3.00 bits per heavy atom. The van der Waals surface area contributed by atoms with Crippen LogP contribution in [0.5, 0.6) is 5.88 Å². The van der Waals surface area contributed by atoms with Crippen molar-refractivity contribution in [2.24, 2.45) is 0 Å². The fraction of sp³-hybridized carbons (Fsp3) is 0.600. The molecular weight excluding hydrogens is 212 g/mol. The third-order valence-corrected chi connectivity index (χ3v) is 3.99. The van der Waals surface area contributed by atoms with Gasteiger partial charge in [0.2, 0.25) is 5.88 Å². The molecule has 0 saturated carbocycles. The molecule has 15 heavy (non-hydrogen) atoms. The zero-order valence-corrected chi connectivity index (χ0v) is 9.43. The van der Waals surface area contributed by atoms with Gasteiger partial charge in [-0.15, -0.1) is 0 Å². The fourth-order valence-corrected chi connectivity index (χ4v) is 2.99. The van der Waals surface area contributed by atoms with Gasteiger partial charge >= 0.3 is 0 Å². The van der Waals surface area contributed by atoms with Gasteiger partial charge in [0.25, 0.3) is 5.56 Å². The average molecular weight is 226 g/mol. The molecule has 1 aromatic heterocycles. The van der Waals surface area contributed by atoms with Crippen LogP contribution in [0.2, 0.25) is 0 Å². The number of aromatic nitrogens is 2. The van der Waals surface area contributed by atoms with Crippen LogP contribution in [0.4, 0.5) is 0 Å². The van der Waals surface area contributed by atoms with Crippen molar-refractivity contribution in [2.45, 2.75) is 31.4 Å². The Kier molecular flexibility index (Phi) is 3.00. The molecule has 0 aliphatic carbocycles. The molecule has 2 rings (SSSR count). The van der Waals surface area contributed by atoms with Gasteiger partial charge in [0.05, 0.1) is 10.8 Å². The molecule has 4 nitrogen and oxygen atoms in total. The maximum atomic E-state index is 11.6. The van der Waals surface area contributed by atoms with Crippen LogP contribution in [-0.4, -0.2) is 20.8 Å². The smallest absolute Gasteiger partial charge is 0.257 e. The van der Waals surface area contributed by atoms with Gasteiger partial charge in [0.15, 0.2) is 0 Å². The summed E-state index contributed by atoms with van der Waals surface area (Å²) in [5, 5.41) is 9.84. The summed E-state index contributed by atoms with van der Waals surface area (Å²) in [6.45, 7) is 1.83. The summed E-state index contributed by atoms with van der Waals surface area (Å²) in [4.78, 5) is 18.4. The van der Waals surface area contributed by atoms with E-state index in [0.717, 1.165) is 18.6 Å². The zero-order chi connectivity index (χ0) is 10.8. The fourth-order valence-electron chi connectivity index (χ4n) is 1.77. The maximum absolute atomic E-state index is 11.6. The molecule has 2 N–H and O–H groups in total. The van der Waals surface area contributed by atoms with Crippen molar-refractivity contribution >= 4 is 11.8 Å². The number of aromatic amines is 1. The predicted octanol–water partition coefficient (Wildman–Crippen LogP) is 1.61. The third-order valence-electron chi connectivity index (χ3n) is 2.60. The second-order valence-electron chi connectivity index (χ2n) is 3.61. The Morgan fingerprint density at radius 2 is 2.47 bits per heavy atom. The monoisotopic (exact) mass is 226 g/mol. The lowest BCUT2D eigenvalue weighted by atomic mass is 10.2. The quantitative estimate of drug-likeness (QED) is 0.804. The Morgan fingerprint density at radius 1 is 1.67 bits per heavy atom. The van der Waals surface area contributed by atoms with E-state index >= 15 is 0 Å². The molecule has 82 valence electrons. The highest BCUT2D eigenvalue weighted by Crippen LogP contribution is 2.38. The number of H-pyrrole nitrogens is 1. The molecule has 5 heteroatoms. The zero-order valence-electron chi connectivity index (χ0n) is 8.62. The maximum Gasteiger partial charge on any atom is 0.257 e. The molecular formula is C10H14N2O2S. The minimum absolute atomic E-state index is 0.108. The molecule has 1 saturated heterocycles. The predicted molar refractivity (Wildman–Crippen MR) is 60.3 cm³/mol. The van der Waals surface area contributed by atoms with Crippen LogP contribution < -0.4 is 5.56 Å². The van der Waals surface area contributed by atoms with E-state index in [-0.39, 0.29) is 16.7 Å². The van der Waals surface area contributed by atoms with Crippen LogP contribution in [0.3, 0.4) is 0 Å². The summed E-state index contributed by atoms with van der Waals surface area (Å²) >= 11 is 1.78. The van der Waals surface area contributed by atoms with E-state index in [4.69, 9.17) is 0 Å². The third kappa shape index (κ3) is 2.02. The standard InChI is InChI=1S/C10H14N2O2S/c1-2-6-9(13)11-8(12-10(6)14)7-4-3-5-15-7/h7H,2-5H2,1H3,(H2,11,12,13,14). The number of rotatable bonds is 2. The molecule has 1 aromatic rings. The van der Waals surface area contributed by atoms with E-state index in [1.165, 1.54) is 0 Å². The van der Waals surface area contributed by atoms with E-state index in [1.807, 2.05) is 6.92 Å². The Labute approximate surface area is 92.1 Å². The molecule has 1 aliphatic rings. The van der Waals surface area contributed by atoms with E-state index in [9.17, 15) is 9.90 Å². The molecule has 1 atom stereocenters. The second-order valence-corrected chi connectivity index (χ2v) is 4.92. The molecule has 0 spiro atoms. The Bertz CT molecular complexity index is 410. The first kappa shape index (κ1) is 10.5. The summed E-state index contributed by atoms with van der Waals surface area (Å²) < 4.78 is 0. The highest BCUT2D eigenvalue weighted by Gasteiger charge is 2.21. The minimum atomic E-state index is -0.201. The van der Waals surface area contributed by atoms with E-state index in [0.29, 0.717) is 17.8 Å². The number of nitrogens with zero attached hydrogens (tertiary/aromatic N) is 1. The van der Waals surface area contributed by atoms with Crippen molar-refractivity contribution < 1.29 is 5.11 Å². The number of aromatic hydroxyl groups is 1. The molecule has 2 heterocycles. The van der Waals surface area contributed by atoms with Crippen molar-refractivity contribution in [2.75, 3.05) is 5.75 Å². The Balaban J connectivity index is 2.38. The van der Waals surface area contributed by atoms with Crippen LogP contribution in [0, 0.1) is 0 Å². The molecule has 0 aromatic carbocycles. The normalized spacial score (nSPS) is 20.7. The number of hydrogen-bond donors (Lipinski definition) is 2. The van der Waals surface area contributed by atoms with Gasteiger partial charge in [0.1, 0.15) is 5.82 Å². The topological polar surface area (TPSA) is 66.0 Å². The summed E-state index contributed by atoms with van der Waals surface area (Å²) in [6, 6.07) is 0. The highest BCUT2D eigenvalue weighted by atomic mass is 32.2. The van der Waals surface area contributed by atoms with Gasteiger partial charge < -0.3 is 10.1 Å². The first-order chi connectivity index (χ1) is 7.22. The van der Waals surface area contributed by atoms with Crippen LogP contribution >= 0.6 is 11.8 Å². The number of thioether (sulfide) groups is 1. The molecule has 0 amide bonds. The Hall–Kier alpha value is -0.970. The number of hydrogen-bond acceptors (Lipinski definition) is 4. The molecule has 1 unspecified atom stereocenters. The van der Waals surface area contributed by atoms with Crippen LogP contribution in [0.15, 0.2) is 4.79 Å². The van der Waals surface area contributed by atoms with E-state index in [2.05, 4.69) is 9.97 Å². The first-order valence-corrected chi connectivity index (χ1v) is 6.21. The lowest BCUT2D eigenvalue weighted by Crippen LogP contribution is -2.17. The SMILES string of the molecule is CCc1c(O)nc(C2CCCS2)[nH]c1=O. The lowest BCUT2D eigenvalue weighted by molar-refractivity contribution is 0.439. The summed E-state index contributed by atoms with van der Waals surface area (Å²) in [5.41, 5.74) is 0.175. The number of nitrogens with one attached hydrogen (secondary N) is 1. The van der Waals surface area contributed by atoms with Gasteiger partial charge in [-0.25, -0.2) is 0 Å². The van der Waals surface area contributed by atoms with Gasteiger partial charge in [-0.2, -0.15) is 16.7 Å². The molecule has 1 fully saturated rings. The molecule has 1 aliphatic heterocycles. The second kappa shape index (κ2) is 4.26. The summed E-state index contributed by atoms with van der Waals surface area (Å²) in [6.07, 6.45) is 2.68. The van der Waals surface area contributed by atoms with E-state index in [1.54, 1.807) is 11.8 Å². The van der Waals surface area contributed by atoms with Gasteiger partial charge in [-0.1, -0.05) is 6.92 Å². The van der Waals surface area contributed by atoms with E-state index < -0.39 is 0 Å². The van der Waals surface area contributed by atoms with Gasteiger partial charge in [-0.05, 0) is 25.0 Å². The minimum Gasteiger partial charge on any atom is -0.493 e. The van der Waals surface area contributed by atoms with Gasteiger partial charge in [0, 0.05) is 0 Å². The van der Waals surface area contributed by atoms with Crippen molar-refractivity contribution in [1.82, 2.24) is 9.97 Å². The van der Waals surface area contributed by atoms with Crippen LogP contribution in [0.1, 0.15) is 36.4 Å². The van der Waals surface area contributed by atoms with Crippen LogP contribution in [-0.2, 0) is 6.42 Å². The van der Waals surface area contributed by atoms with Crippen molar-refractivity contribution in [3.63, 3.8) is 0 Å². The summed E-state index contributed by atoms with van der Waals surface area (Å²) in [7, 11) is 0. The molecule has 0 bridgehead atoms. The van der Waals surface area contributed by atoms with Crippen molar-refractivity contribution in [1.29, 1.82) is 0 Å². The highest BCUT2D eigenvalue weighted by molar-refractivity contribution is 7.99. The summed E-state index contributed by atoms with van der Waals surface area (Å²) in [5.74, 6) is 1.62. The molecule has 0 radical (unpaired) electrons. The largest absolute Gasteiger partial charge is 0.493 e. The van der Waals surface area contributed by atoms with Crippen LogP contribution in [0.25, 0.3) is 0 Å².